The molecule has 0 radical (unpaired) electrons. The minimum atomic E-state index is -2.87. The summed E-state index contributed by atoms with van der Waals surface area (Å²) in [6.07, 6.45) is 1.32. The number of sulfone groups is 1. The average molecular weight is 338 g/mol. The fourth-order valence-electron chi connectivity index (χ4n) is 2.75. The molecule has 1 saturated heterocycles. The highest BCUT2D eigenvalue weighted by atomic mass is 32.2. The molecule has 1 aromatic carbocycles. The van der Waals surface area contributed by atoms with Crippen molar-refractivity contribution in [3.8, 4) is 11.4 Å². The lowest BCUT2D eigenvalue weighted by Gasteiger charge is -2.22. The van der Waals surface area contributed by atoms with Gasteiger partial charge >= 0.3 is 0 Å². The fraction of sp³-hybridized carbons (Fsp3) is 0.467. The Labute approximate surface area is 134 Å². The van der Waals surface area contributed by atoms with E-state index in [1.54, 1.807) is 12.1 Å². The zero-order valence-electron chi connectivity index (χ0n) is 12.9. The third kappa shape index (κ3) is 3.94. The Morgan fingerprint density at radius 2 is 2.26 bits per heavy atom. The minimum absolute atomic E-state index is 0.0746. The molecule has 1 unspecified atom stereocenters. The lowest BCUT2D eigenvalue weighted by atomic mass is 10.2. The van der Waals surface area contributed by atoms with Crippen molar-refractivity contribution in [2.24, 2.45) is 0 Å². The molecule has 0 spiro atoms. The van der Waals surface area contributed by atoms with Crippen molar-refractivity contribution < 1.29 is 12.8 Å². The highest BCUT2D eigenvalue weighted by Crippen LogP contribution is 2.18. The number of likely N-dealkylation sites (N-methyl/N-ethyl adjacent to an activating group) is 1. The normalized spacial score (nSPS) is 20.2. The summed E-state index contributed by atoms with van der Waals surface area (Å²) in [5.41, 5.74) is 0.628. The summed E-state index contributed by atoms with van der Waals surface area (Å²) in [5, 5.41) is 6.97. The number of aromatic amines is 1. The molecule has 1 aromatic heterocycles. The smallest absolute Gasteiger partial charge is 0.181 e. The Morgan fingerprint density at radius 3 is 2.96 bits per heavy atom. The Balaban J connectivity index is 1.59. The molecule has 3 rings (SSSR count). The van der Waals surface area contributed by atoms with Crippen LogP contribution in [0.4, 0.5) is 4.39 Å². The minimum Gasteiger partial charge on any atom is -0.302 e. The van der Waals surface area contributed by atoms with E-state index in [0.717, 1.165) is 0 Å². The second-order valence-corrected chi connectivity index (χ2v) is 8.13. The van der Waals surface area contributed by atoms with Crippen LogP contribution >= 0.6 is 0 Å². The molecular formula is C15H19FN4O2S. The van der Waals surface area contributed by atoms with Crippen LogP contribution in [0.5, 0.6) is 0 Å². The van der Waals surface area contributed by atoms with Gasteiger partial charge in [0, 0.05) is 24.6 Å². The summed E-state index contributed by atoms with van der Waals surface area (Å²) in [6.45, 7) is 0.692. The van der Waals surface area contributed by atoms with Crippen LogP contribution in [0.15, 0.2) is 24.3 Å². The van der Waals surface area contributed by atoms with Crippen molar-refractivity contribution in [2.75, 3.05) is 25.1 Å². The summed E-state index contributed by atoms with van der Waals surface area (Å²) in [5.74, 6) is 1.35. The van der Waals surface area contributed by atoms with Crippen LogP contribution in [0.2, 0.25) is 0 Å². The molecule has 1 aliphatic rings. The number of hydrogen-bond acceptors (Lipinski definition) is 5. The third-order valence-corrected chi connectivity index (χ3v) is 5.90. The van der Waals surface area contributed by atoms with E-state index in [-0.39, 0.29) is 23.4 Å². The fourth-order valence-corrected chi connectivity index (χ4v) is 4.56. The van der Waals surface area contributed by atoms with Crippen LogP contribution in [0.25, 0.3) is 11.4 Å². The lowest BCUT2D eigenvalue weighted by molar-refractivity contribution is 0.264. The first-order valence-electron chi connectivity index (χ1n) is 7.51. The predicted octanol–water partition coefficient (Wildman–Crippen LogP) is 1.27. The molecule has 0 bridgehead atoms. The Morgan fingerprint density at radius 1 is 1.43 bits per heavy atom. The van der Waals surface area contributed by atoms with Gasteiger partial charge in [-0.05, 0) is 25.6 Å². The van der Waals surface area contributed by atoms with Crippen molar-refractivity contribution in [3.05, 3.63) is 35.9 Å². The maximum absolute atomic E-state index is 13.2. The first-order valence-corrected chi connectivity index (χ1v) is 9.33. The van der Waals surface area contributed by atoms with Crippen molar-refractivity contribution in [2.45, 2.75) is 18.9 Å². The maximum atomic E-state index is 13.2. The number of halogens is 1. The zero-order valence-corrected chi connectivity index (χ0v) is 13.7. The maximum Gasteiger partial charge on any atom is 0.181 e. The number of rotatable bonds is 5. The van der Waals surface area contributed by atoms with Crippen molar-refractivity contribution in [1.82, 2.24) is 20.1 Å². The quantitative estimate of drug-likeness (QED) is 0.888. The largest absolute Gasteiger partial charge is 0.302 e. The number of benzene rings is 1. The Bertz CT molecular complexity index is 790. The molecule has 2 heterocycles. The van der Waals surface area contributed by atoms with E-state index >= 15 is 0 Å². The van der Waals surface area contributed by atoms with Crippen molar-refractivity contribution in [1.29, 1.82) is 0 Å². The van der Waals surface area contributed by atoms with Crippen LogP contribution in [-0.4, -0.2) is 59.6 Å². The topological polar surface area (TPSA) is 79.0 Å². The molecule has 23 heavy (non-hydrogen) atoms. The second-order valence-electron chi connectivity index (χ2n) is 5.90. The molecule has 6 nitrogen and oxygen atoms in total. The van der Waals surface area contributed by atoms with E-state index in [1.165, 1.54) is 12.1 Å². The SMILES string of the molecule is CN(CCc1nc(-c2cccc(F)c2)n[nH]1)C1CCS(=O)(=O)C1. The van der Waals surface area contributed by atoms with Crippen LogP contribution in [0, 0.1) is 5.82 Å². The second kappa shape index (κ2) is 6.37. The van der Waals surface area contributed by atoms with Crippen molar-refractivity contribution in [3.63, 3.8) is 0 Å². The van der Waals surface area contributed by atoms with Gasteiger partial charge in [0.05, 0.1) is 11.5 Å². The summed E-state index contributed by atoms with van der Waals surface area (Å²) < 4.78 is 36.3. The van der Waals surface area contributed by atoms with Gasteiger partial charge in [0.15, 0.2) is 15.7 Å². The van der Waals surface area contributed by atoms with Gasteiger partial charge < -0.3 is 4.90 Å². The van der Waals surface area contributed by atoms with Crippen LogP contribution < -0.4 is 0 Å². The molecule has 1 fully saturated rings. The lowest BCUT2D eigenvalue weighted by Crippen LogP contribution is -2.34. The number of nitrogens with zero attached hydrogens (tertiary/aromatic N) is 3. The van der Waals surface area contributed by atoms with E-state index < -0.39 is 9.84 Å². The molecule has 0 aliphatic carbocycles. The summed E-state index contributed by atoms with van der Waals surface area (Å²) in [6, 6.07) is 6.22. The highest BCUT2D eigenvalue weighted by Gasteiger charge is 2.30. The highest BCUT2D eigenvalue weighted by molar-refractivity contribution is 7.91. The molecular weight excluding hydrogens is 319 g/mol. The first-order chi connectivity index (χ1) is 10.9. The van der Waals surface area contributed by atoms with E-state index in [2.05, 4.69) is 20.1 Å². The molecule has 2 aromatic rings. The molecule has 0 amide bonds. The van der Waals surface area contributed by atoms with Crippen molar-refractivity contribution >= 4 is 9.84 Å². The molecule has 1 N–H and O–H groups in total. The summed E-state index contributed by atoms with van der Waals surface area (Å²) >= 11 is 0. The van der Waals surface area contributed by atoms with E-state index in [1.807, 2.05) is 7.05 Å². The van der Waals surface area contributed by atoms with Gasteiger partial charge in [-0.15, -0.1) is 0 Å². The van der Waals surface area contributed by atoms with E-state index in [0.29, 0.717) is 36.6 Å². The number of hydrogen-bond donors (Lipinski definition) is 1. The molecule has 0 saturated carbocycles. The van der Waals surface area contributed by atoms with Crippen LogP contribution in [0.3, 0.4) is 0 Å². The van der Waals surface area contributed by atoms with Gasteiger partial charge in [-0.25, -0.2) is 17.8 Å². The molecule has 8 heteroatoms. The van der Waals surface area contributed by atoms with Gasteiger partial charge in [0.25, 0.3) is 0 Å². The Kier molecular flexibility index (Phi) is 4.45. The predicted molar refractivity (Wildman–Crippen MR) is 85.2 cm³/mol. The summed E-state index contributed by atoms with van der Waals surface area (Å²) in [7, 11) is -0.946. The van der Waals surface area contributed by atoms with Gasteiger partial charge in [-0.1, -0.05) is 12.1 Å². The number of aromatic nitrogens is 3. The summed E-state index contributed by atoms with van der Waals surface area (Å²) in [4.78, 5) is 6.42. The van der Waals surface area contributed by atoms with Gasteiger partial charge in [0.2, 0.25) is 0 Å². The first kappa shape index (κ1) is 16.1. The zero-order chi connectivity index (χ0) is 16.4. The number of H-pyrrole nitrogens is 1. The third-order valence-electron chi connectivity index (χ3n) is 4.15. The molecule has 124 valence electrons. The van der Waals surface area contributed by atoms with Gasteiger partial charge in [-0.2, -0.15) is 5.10 Å². The monoisotopic (exact) mass is 338 g/mol. The van der Waals surface area contributed by atoms with E-state index in [4.69, 9.17) is 0 Å². The van der Waals surface area contributed by atoms with Gasteiger partial charge in [-0.3, -0.25) is 5.10 Å². The van der Waals surface area contributed by atoms with Gasteiger partial charge in [0.1, 0.15) is 11.6 Å². The van der Waals surface area contributed by atoms with Crippen LogP contribution in [-0.2, 0) is 16.3 Å². The van der Waals surface area contributed by atoms with E-state index in [9.17, 15) is 12.8 Å². The van der Waals surface area contributed by atoms with Crippen LogP contribution in [0.1, 0.15) is 12.2 Å². The number of nitrogens with one attached hydrogen (secondary N) is 1. The standard InChI is InChI=1S/C15H19FN4O2S/c1-20(13-6-8-23(21,22)10-13)7-5-14-17-15(19-18-14)11-3-2-4-12(16)9-11/h2-4,9,13H,5-8,10H2,1H3,(H,17,18,19). The molecule has 1 atom stereocenters. The Hall–Kier alpha value is -1.80. The molecule has 1 aliphatic heterocycles. The average Bonchev–Trinajstić information content (AvgIpc) is 3.11.